The van der Waals surface area contributed by atoms with Crippen molar-refractivity contribution in [3.63, 3.8) is 0 Å². The minimum absolute atomic E-state index is 0. The van der Waals surface area contributed by atoms with Crippen molar-refractivity contribution in [2.24, 2.45) is 0 Å². The number of aromatic nitrogens is 6. The molecule has 7 nitrogen and oxygen atoms in total. The molecule has 0 saturated carbocycles. The van der Waals surface area contributed by atoms with Crippen LogP contribution < -0.4 is 4.57 Å². The molecule has 1 N–H and O–H groups in total. The summed E-state index contributed by atoms with van der Waals surface area (Å²) in [5, 5.41) is 11.6. The quantitative estimate of drug-likeness (QED) is 0.142. The van der Waals surface area contributed by atoms with E-state index < -0.39 is 0 Å². The first-order valence-corrected chi connectivity index (χ1v) is 17.9. The zero-order valence-corrected chi connectivity index (χ0v) is 34.0. The minimum atomic E-state index is -0.237. The zero-order chi connectivity index (χ0) is 36.7. The second-order valence-electron chi connectivity index (χ2n) is 16.9. The van der Waals surface area contributed by atoms with Crippen LogP contribution in [0.5, 0.6) is 5.75 Å². The van der Waals surface area contributed by atoms with Crippen molar-refractivity contribution in [2.75, 3.05) is 0 Å². The maximum absolute atomic E-state index is 11.6. The van der Waals surface area contributed by atoms with Crippen LogP contribution in [0.25, 0.3) is 56.2 Å². The number of para-hydroxylation sites is 3. The van der Waals surface area contributed by atoms with Gasteiger partial charge in [-0.2, -0.15) is 0 Å². The molecule has 0 radical (unpaired) electrons. The molecule has 0 saturated heterocycles. The number of fused-ring (bicyclic) bond motifs is 5. The molecule has 0 aliphatic rings. The summed E-state index contributed by atoms with van der Waals surface area (Å²) in [6.07, 6.45) is 9.35. The SMILES string of the molecule is CC(C)(C)c1ccnc(-n2c3[c-]c(-c4ccccc4-[n+]4[c-]n(-c5cc(C(C)(C)C)cc(C(C)(C)C)c5O)cc4)ccc3n3c4ccccc4nc23)c1.[Pt+2]. The summed E-state index contributed by atoms with van der Waals surface area (Å²) in [5.74, 6) is 1.87. The van der Waals surface area contributed by atoms with E-state index in [1.54, 1.807) is 0 Å². The van der Waals surface area contributed by atoms with Crippen molar-refractivity contribution in [3.8, 4) is 34.1 Å². The third kappa shape index (κ3) is 6.29. The van der Waals surface area contributed by atoms with Gasteiger partial charge in [0, 0.05) is 24.3 Å². The molecule has 0 amide bonds. The fraction of sp³-hybridized carbons (Fsp3) is 0.267. The van der Waals surface area contributed by atoms with E-state index in [2.05, 4.69) is 156 Å². The van der Waals surface area contributed by atoms with Gasteiger partial charge in [-0.3, -0.25) is 9.13 Å². The number of hydrogen-bond acceptors (Lipinski definition) is 3. The van der Waals surface area contributed by atoms with Gasteiger partial charge < -0.3 is 14.1 Å². The van der Waals surface area contributed by atoms with E-state index in [0.717, 1.165) is 61.6 Å². The normalized spacial score (nSPS) is 12.5. The first-order valence-electron chi connectivity index (χ1n) is 17.9. The van der Waals surface area contributed by atoms with Gasteiger partial charge in [-0.25, -0.2) is 9.97 Å². The Morgan fingerprint density at radius 2 is 1.45 bits per heavy atom. The average Bonchev–Trinajstić information content (AvgIpc) is 3.80. The summed E-state index contributed by atoms with van der Waals surface area (Å²) >= 11 is 0. The molecule has 0 bridgehead atoms. The number of pyridine rings is 1. The van der Waals surface area contributed by atoms with Crippen LogP contribution in [0.2, 0.25) is 0 Å². The molecule has 8 heteroatoms. The molecule has 0 aliphatic heterocycles. The number of benzene rings is 4. The second-order valence-corrected chi connectivity index (χ2v) is 16.9. The van der Waals surface area contributed by atoms with Crippen molar-refractivity contribution in [1.29, 1.82) is 0 Å². The Kier molecular flexibility index (Phi) is 8.81. The summed E-state index contributed by atoms with van der Waals surface area (Å²) in [4.78, 5) is 9.97. The zero-order valence-electron chi connectivity index (χ0n) is 31.8. The van der Waals surface area contributed by atoms with Crippen LogP contribution in [0.1, 0.15) is 79.0 Å². The van der Waals surface area contributed by atoms with Crippen LogP contribution in [0.15, 0.2) is 104 Å². The molecule has 4 aromatic heterocycles. The van der Waals surface area contributed by atoms with Crippen molar-refractivity contribution in [2.45, 2.75) is 78.6 Å². The van der Waals surface area contributed by atoms with E-state index >= 15 is 0 Å². The van der Waals surface area contributed by atoms with Crippen molar-refractivity contribution < 1.29 is 30.7 Å². The first kappa shape index (κ1) is 36.4. The maximum Gasteiger partial charge on any atom is 2.00 e. The summed E-state index contributed by atoms with van der Waals surface area (Å²) in [6, 6.07) is 33.1. The number of rotatable bonds is 4. The van der Waals surface area contributed by atoms with Gasteiger partial charge in [0.1, 0.15) is 17.3 Å². The molecule has 270 valence electrons. The summed E-state index contributed by atoms with van der Waals surface area (Å²) in [5.41, 5.74) is 10.3. The number of nitrogens with zero attached hydrogens (tertiary/aromatic N) is 6. The van der Waals surface area contributed by atoms with E-state index in [0.29, 0.717) is 5.69 Å². The summed E-state index contributed by atoms with van der Waals surface area (Å²) in [7, 11) is 0. The van der Waals surface area contributed by atoms with Gasteiger partial charge in [0.2, 0.25) is 5.78 Å². The number of imidazole rings is 3. The van der Waals surface area contributed by atoms with Crippen LogP contribution in [0.4, 0.5) is 0 Å². The molecule has 4 aromatic carbocycles. The van der Waals surface area contributed by atoms with Crippen molar-refractivity contribution in [3.05, 3.63) is 133 Å². The van der Waals surface area contributed by atoms with Crippen LogP contribution >= 0.6 is 0 Å². The molecule has 0 aliphatic carbocycles. The summed E-state index contributed by atoms with van der Waals surface area (Å²) in [6.45, 7) is 19.7. The molecule has 0 fully saturated rings. The topological polar surface area (TPSA) is 64.2 Å². The Morgan fingerprint density at radius 1 is 0.736 bits per heavy atom. The fourth-order valence-electron chi connectivity index (χ4n) is 7.01. The smallest absolute Gasteiger partial charge is 0.511 e. The molecular weight excluding hydrogens is 836 g/mol. The monoisotopic (exact) mass is 880 g/mol. The van der Waals surface area contributed by atoms with Crippen LogP contribution in [0, 0.1) is 12.4 Å². The molecule has 8 rings (SSSR count). The third-order valence-electron chi connectivity index (χ3n) is 10.0. The average molecular weight is 881 g/mol. The van der Waals surface area contributed by atoms with Crippen LogP contribution in [0.3, 0.4) is 0 Å². The molecule has 8 aromatic rings. The molecular formula is C45H45N6OPt+. The molecule has 53 heavy (non-hydrogen) atoms. The third-order valence-corrected chi connectivity index (χ3v) is 10.0. The largest absolute Gasteiger partial charge is 2.00 e. The van der Waals surface area contributed by atoms with Crippen molar-refractivity contribution >= 4 is 27.8 Å². The molecule has 0 atom stereocenters. The molecule has 0 unspecified atom stereocenters. The van der Waals surface area contributed by atoms with Gasteiger partial charge in [-0.05, 0) is 74.3 Å². The Balaban J connectivity index is 0.00000435. The van der Waals surface area contributed by atoms with E-state index in [9.17, 15) is 5.11 Å². The van der Waals surface area contributed by atoms with Gasteiger partial charge >= 0.3 is 21.1 Å². The fourth-order valence-corrected chi connectivity index (χ4v) is 7.01. The number of phenols is 1. The van der Waals surface area contributed by atoms with Gasteiger partial charge in [0.05, 0.1) is 11.0 Å². The Labute approximate surface area is 325 Å². The van der Waals surface area contributed by atoms with Gasteiger partial charge in [0.15, 0.2) is 0 Å². The van der Waals surface area contributed by atoms with Crippen molar-refractivity contribution in [1.82, 2.24) is 23.5 Å². The number of aromatic hydroxyl groups is 1. The summed E-state index contributed by atoms with van der Waals surface area (Å²) < 4.78 is 8.21. The number of phenolic OH excluding ortho intramolecular Hbond substituents is 1. The predicted octanol–water partition coefficient (Wildman–Crippen LogP) is 9.76. The Hall–Kier alpha value is -5.00. The second kappa shape index (κ2) is 12.8. The van der Waals surface area contributed by atoms with E-state index in [1.807, 2.05) is 39.9 Å². The minimum Gasteiger partial charge on any atom is -0.511 e. The first-order chi connectivity index (χ1) is 24.6. The van der Waals surface area contributed by atoms with Crippen LogP contribution in [-0.4, -0.2) is 28.6 Å². The van der Waals surface area contributed by atoms with E-state index in [-0.39, 0.29) is 43.1 Å². The van der Waals surface area contributed by atoms with Gasteiger partial charge in [-0.15, -0.1) is 23.8 Å². The predicted molar refractivity (Wildman–Crippen MR) is 209 cm³/mol. The maximum atomic E-state index is 11.6. The Morgan fingerprint density at radius 3 is 2.19 bits per heavy atom. The van der Waals surface area contributed by atoms with Crippen LogP contribution in [-0.2, 0) is 37.3 Å². The molecule has 4 heterocycles. The van der Waals surface area contributed by atoms with E-state index in [1.165, 1.54) is 5.56 Å². The van der Waals surface area contributed by atoms with Gasteiger partial charge in [-0.1, -0.05) is 110 Å². The van der Waals surface area contributed by atoms with E-state index in [4.69, 9.17) is 9.97 Å². The molecule has 0 spiro atoms. The number of hydrogen-bond donors (Lipinski definition) is 1. The Bertz CT molecular complexity index is 2660. The van der Waals surface area contributed by atoms with Gasteiger partial charge in [0.25, 0.3) is 6.33 Å². The standard InChI is InChI=1S/C45H45N6O.Pt/c1-43(2,3)30-20-21-46-40(27-30)51-38-24-29(18-19-37(38)50-36-17-13-11-15-34(36)47-42(50)51)32-14-10-12-16-35(32)48-22-23-49(28-48)39-26-31(44(4,5)6)25-33(41(39)52)45(7,8)9;/h10-23,25-27,52H,1-9H3;/q-1;+2.